The summed E-state index contributed by atoms with van der Waals surface area (Å²) in [6, 6.07) is 5.50. The van der Waals surface area contributed by atoms with Crippen molar-refractivity contribution < 1.29 is 5.11 Å². The lowest BCUT2D eigenvalue weighted by Crippen LogP contribution is -2.43. The van der Waals surface area contributed by atoms with E-state index < -0.39 is 0 Å². The van der Waals surface area contributed by atoms with Crippen molar-refractivity contribution in [2.45, 2.75) is 69.7 Å². The molecule has 0 aliphatic heterocycles. The van der Waals surface area contributed by atoms with Crippen LogP contribution in [0.4, 0.5) is 0 Å². The Bertz CT molecular complexity index is 361. The van der Waals surface area contributed by atoms with Gasteiger partial charge in [0.25, 0.3) is 0 Å². The number of rotatable bonds is 4. The summed E-state index contributed by atoms with van der Waals surface area (Å²) in [4.78, 5) is 4.04. The van der Waals surface area contributed by atoms with Gasteiger partial charge in [0.05, 0.1) is 6.10 Å². The lowest BCUT2D eigenvalue weighted by molar-refractivity contribution is 0.0351. The largest absolute Gasteiger partial charge is 0.391 e. The maximum Gasteiger partial charge on any atom is 0.0695 e. The van der Waals surface area contributed by atoms with E-state index in [-0.39, 0.29) is 6.10 Å². The highest BCUT2D eigenvalue weighted by molar-refractivity contribution is 7.09. The number of hydrogen-bond donors (Lipinski definition) is 1. The molecule has 2 saturated carbocycles. The highest BCUT2D eigenvalue weighted by atomic mass is 32.1. The van der Waals surface area contributed by atoms with Crippen LogP contribution in [0.2, 0.25) is 0 Å². The van der Waals surface area contributed by atoms with Crippen molar-refractivity contribution in [1.29, 1.82) is 0 Å². The second-order valence-corrected chi connectivity index (χ2v) is 6.79. The van der Waals surface area contributed by atoms with Crippen molar-refractivity contribution in [2.24, 2.45) is 0 Å². The predicted molar refractivity (Wildman–Crippen MR) is 75.8 cm³/mol. The molecule has 3 heteroatoms. The molecule has 2 aliphatic rings. The number of thiophene rings is 1. The van der Waals surface area contributed by atoms with Gasteiger partial charge in [0, 0.05) is 23.5 Å². The van der Waals surface area contributed by atoms with E-state index in [4.69, 9.17) is 0 Å². The van der Waals surface area contributed by atoms with Gasteiger partial charge in [-0.25, -0.2) is 0 Å². The molecule has 0 spiro atoms. The van der Waals surface area contributed by atoms with Gasteiger partial charge < -0.3 is 5.11 Å². The third-order valence-corrected chi connectivity index (χ3v) is 5.17. The van der Waals surface area contributed by atoms with E-state index in [0.717, 1.165) is 19.0 Å². The van der Waals surface area contributed by atoms with Crippen molar-refractivity contribution in [3.63, 3.8) is 0 Å². The molecule has 2 fully saturated rings. The maximum absolute atomic E-state index is 10.4. The van der Waals surface area contributed by atoms with Gasteiger partial charge in [0.1, 0.15) is 0 Å². The minimum Gasteiger partial charge on any atom is -0.391 e. The first-order valence-corrected chi connectivity index (χ1v) is 8.19. The number of hydrogen-bond acceptors (Lipinski definition) is 3. The summed E-state index contributed by atoms with van der Waals surface area (Å²) in [7, 11) is 0. The summed E-state index contributed by atoms with van der Waals surface area (Å²) >= 11 is 1.84. The lowest BCUT2D eigenvalue weighted by atomic mass is 10.0. The lowest BCUT2D eigenvalue weighted by Gasteiger charge is -2.34. The molecule has 0 aromatic carbocycles. The number of aliphatic hydroxyl groups excluding tert-OH is 1. The molecule has 2 nitrogen and oxygen atoms in total. The smallest absolute Gasteiger partial charge is 0.0695 e. The van der Waals surface area contributed by atoms with Crippen LogP contribution in [0.1, 0.15) is 49.8 Å². The molecule has 1 heterocycles. The van der Waals surface area contributed by atoms with Crippen LogP contribution in [-0.4, -0.2) is 28.2 Å². The highest BCUT2D eigenvalue weighted by Crippen LogP contribution is 2.35. The van der Waals surface area contributed by atoms with Gasteiger partial charge in [-0.05, 0) is 37.1 Å². The van der Waals surface area contributed by atoms with Gasteiger partial charge in [0.2, 0.25) is 0 Å². The molecule has 0 radical (unpaired) electrons. The summed E-state index contributed by atoms with van der Waals surface area (Å²) in [5.41, 5.74) is 0. The Labute approximate surface area is 114 Å². The first kappa shape index (κ1) is 12.6. The van der Waals surface area contributed by atoms with Crippen LogP contribution in [0.3, 0.4) is 0 Å². The second-order valence-electron chi connectivity index (χ2n) is 5.76. The Balaban J connectivity index is 1.71. The van der Waals surface area contributed by atoms with Crippen molar-refractivity contribution in [3.8, 4) is 0 Å². The maximum atomic E-state index is 10.4. The highest BCUT2D eigenvalue weighted by Gasteiger charge is 2.37. The fraction of sp³-hybridized carbons (Fsp3) is 0.733. The third kappa shape index (κ3) is 2.95. The second kappa shape index (κ2) is 5.72. The average molecular weight is 265 g/mol. The first-order chi connectivity index (χ1) is 8.84. The van der Waals surface area contributed by atoms with Crippen molar-refractivity contribution >= 4 is 11.3 Å². The van der Waals surface area contributed by atoms with Crippen molar-refractivity contribution in [2.75, 3.05) is 0 Å². The molecule has 2 unspecified atom stereocenters. The SMILES string of the molecule is OC1CCCCCC1N(Cc1cccs1)C1CC1. The summed E-state index contributed by atoms with van der Waals surface area (Å²) in [6.45, 7) is 1.05. The molecule has 1 aromatic rings. The standard InChI is InChI=1S/C15H23NOS/c17-15-7-3-1-2-6-14(15)16(12-8-9-12)11-13-5-4-10-18-13/h4-5,10,12,14-15,17H,1-3,6-9,11H2. The first-order valence-electron chi connectivity index (χ1n) is 7.31. The minimum atomic E-state index is -0.104. The molecule has 1 N–H and O–H groups in total. The summed E-state index contributed by atoms with van der Waals surface area (Å²) in [5, 5.41) is 12.5. The van der Waals surface area contributed by atoms with E-state index in [2.05, 4.69) is 22.4 Å². The van der Waals surface area contributed by atoms with Crippen LogP contribution in [0, 0.1) is 0 Å². The van der Waals surface area contributed by atoms with Gasteiger partial charge >= 0.3 is 0 Å². The summed E-state index contributed by atoms with van der Waals surface area (Å²) in [5.74, 6) is 0. The normalized spacial score (nSPS) is 29.4. The Morgan fingerprint density at radius 3 is 2.72 bits per heavy atom. The summed E-state index contributed by atoms with van der Waals surface area (Å²) < 4.78 is 0. The zero-order valence-electron chi connectivity index (χ0n) is 10.9. The average Bonchev–Trinajstić information content (AvgIpc) is 3.12. The predicted octanol–water partition coefficient (Wildman–Crippen LogP) is 3.41. The molecule has 2 atom stereocenters. The van der Waals surface area contributed by atoms with E-state index in [1.165, 1.54) is 43.4 Å². The number of nitrogens with zero attached hydrogens (tertiary/aromatic N) is 1. The van der Waals surface area contributed by atoms with Gasteiger partial charge in [0.15, 0.2) is 0 Å². The molecule has 2 aliphatic carbocycles. The van der Waals surface area contributed by atoms with E-state index in [0.29, 0.717) is 6.04 Å². The summed E-state index contributed by atoms with van der Waals surface area (Å²) in [6.07, 6.45) is 8.52. The van der Waals surface area contributed by atoms with E-state index in [9.17, 15) is 5.11 Å². The minimum absolute atomic E-state index is 0.104. The van der Waals surface area contributed by atoms with Crippen molar-refractivity contribution in [1.82, 2.24) is 4.90 Å². The van der Waals surface area contributed by atoms with Gasteiger partial charge in [-0.1, -0.05) is 25.3 Å². The molecule has 18 heavy (non-hydrogen) atoms. The van der Waals surface area contributed by atoms with Crippen LogP contribution in [0.25, 0.3) is 0 Å². The van der Waals surface area contributed by atoms with E-state index in [1.807, 2.05) is 11.3 Å². The fourth-order valence-electron chi connectivity index (χ4n) is 3.16. The van der Waals surface area contributed by atoms with E-state index in [1.54, 1.807) is 0 Å². The molecule has 0 amide bonds. The third-order valence-electron chi connectivity index (χ3n) is 4.30. The topological polar surface area (TPSA) is 23.5 Å². The quantitative estimate of drug-likeness (QED) is 0.843. The molecular formula is C15H23NOS. The van der Waals surface area contributed by atoms with Crippen LogP contribution in [0.5, 0.6) is 0 Å². The van der Waals surface area contributed by atoms with Crippen molar-refractivity contribution in [3.05, 3.63) is 22.4 Å². The van der Waals surface area contributed by atoms with Crippen LogP contribution in [0.15, 0.2) is 17.5 Å². The fourth-order valence-corrected chi connectivity index (χ4v) is 3.87. The van der Waals surface area contributed by atoms with Crippen LogP contribution < -0.4 is 0 Å². The number of aliphatic hydroxyl groups is 1. The Morgan fingerprint density at radius 1 is 1.17 bits per heavy atom. The van der Waals surface area contributed by atoms with Gasteiger partial charge in [-0.15, -0.1) is 11.3 Å². The van der Waals surface area contributed by atoms with Crippen LogP contribution in [-0.2, 0) is 6.54 Å². The van der Waals surface area contributed by atoms with Gasteiger partial charge in [-0.2, -0.15) is 0 Å². The molecule has 100 valence electrons. The van der Waals surface area contributed by atoms with Gasteiger partial charge in [-0.3, -0.25) is 4.90 Å². The molecule has 3 rings (SSSR count). The zero-order chi connectivity index (χ0) is 12.4. The molecular weight excluding hydrogens is 242 g/mol. The Morgan fingerprint density at radius 2 is 2.00 bits per heavy atom. The molecule has 0 bridgehead atoms. The Hall–Kier alpha value is -0.380. The monoisotopic (exact) mass is 265 g/mol. The Kier molecular flexibility index (Phi) is 4.02. The zero-order valence-corrected chi connectivity index (χ0v) is 11.7. The molecule has 1 aromatic heterocycles. The molecule has 0 saturated heterocycles. The van der Waals surface area contributed by atoms with Crippen LogP contribution >= 0.6 is 11.3 Å². The van der Waals surface area contributed by atoms with E-state index >= 15 is 0 Å².